The molecule has 1 aromatic carbocycles. The van der Waals surface area contributed by atoms with Crippen molar-refractivity contribution in [3.63, 3.8) is 0 Å². The lowest BCUT2D eigenvalue weighted by Gasteiger charge is -2.52. The fraction of sp³-hybridized carbons (Fsp3) is 0.591. The molecule has 27 heavy (non-hydrogen) atoms. The number of nitrogens with zero attached hydrogens (tertiary/aromatic N) is 1. The van der Waals surface area contributed by atoms with Crippen LogP contribution in [0.4, 0.5) is 0 Å². The second-order valence-corrected chi connectivity index (χ2v) is 9.99. The average Bonchev–Trinajstić information content (AvgIpc) is 3.60. The van der Waals surface area contributed by atoms with Gasteiger partial charge in [0.15, 0.2) is 0 Å². The highest BCUT2D eigenvalue weighted by atomic mass is 32.1. The summed E-state index contributed by atoms with van der Waals surface area (Å²) in [6, 6.07) is 6.62. The number of thiophene rings is 1. The predicted molar refractivity (Wildman–Crippen MR) is 108 cm³/mol. The molecule has 1 unspecified atom stereocenters. The molecule has 1 N–H and O–H groups in total. The van der Waals surface area contributed by atoms with Gasteiger partial charge in [-0.2, -0.15) is 0 Å². The van der Waals surface area contributed by atoms with Crippen LogP contribution in [0.25, 0.3) is 10.1 Å². The highest BCUT2D eigenvalue weighted by Crippen LogP contribution is 2.53. The van der Waals surface area contributed by atoms with E-state index < -0.39 is 0 Å². The fourth-order valence-corrected chi connectivity index (χ4v) is 6.42. The Labute approximate surface area is 163 Å². The molecule has 2 aliphatic carbocycles. The van der Waals surface area contributed by atoms with Gasteiger partial charge in [0, 0.05) is 5.54 Å². The lowest BCUT2D eigenvalue weighted by molar-refractivity contribution is -0.00138. The fourth-order valence-electron chi connectivity index (χ4n) is 5.32. The highest BCUT2D eigenvalue weighted by molar-refractivity contribution is 7.21. The average molecular weight is 383 g/mol. The van der Waals surface area contributed by atoms with Gasteiger partial charge in [-0.05, 0) is 81.5 Å². The maximum absolute atomic E-state index is 13.1. The monoisotopic (exact) mass is 382 g/mol. The Bertz CT molecular complexity index is 920. The molecular weight excluding hydrogens is 356 g/mol. The normalized spacial score (nSPS) is 30.6. The van der Waals surface area contributed by atoms with Gasteiger partial charge >= 0.3 is 0 Å². The Morgan fingerprint density at radius 1 is 1.22 bits per heavy atom. The number of rotatable bonds is 4. The van der Waals surface area contributed by atoms with Gasteiger partial charge in [0.05, 0.1) is 21.7 Å². The molecule has 4 nitrogen and oxygen atoms in total. The van der Waals surface area contributed by atoms with Gasteiger partial charge in [0.2, 0.25) is 0 Å². The van der Waals surface area contributed by atoms with Crippen LogP contribution in [-0.2, 0) is 0 Å². The summed E-state index contributed by atoms with van der Waals surface area (Å²) in [5.74, 6) is 1.75. The van der Waals surface area contributed by atoms with Crippen LogP contribution in [0.1, 0.15) is 53.8 Å². The third-order valence-electron chi connectivity index (χ3n) is 7.14. The second-order valence-electron chi connectivity index (χ2n) is 8.94. The first-order valence-electron chi connectivity index (χ1n) is 10.4. The molecule has 142 valence electrons. The Kier molecular flexibility index (Phi) is 3.46. The lowest BCUT2D eigenvalue weighted by atomic mass is 9.77. The van der Waals surface area contributed by atoms with Crippen molar-refractivity contribution in [3.05, 3.63) is 28.6 Å². The van der Waals surface area contributed by atoms with E-state index in [1.807, 2.05) is 0 Å². The Balaban J connectivity index is 1.29. The van der Waals surface area contributed by atoms with E-state index in [0.717, 1.165) is 39.1 Å². The minimum atomic E-state index is 0.108. The first kappa shape index (κ1) is 16.4. The summed E-state index contributed by atoms with van der Waals surface area (Å²) in [5.41, 5.74) is 1.45. The standard InChI is InChI=1S/C22H26N2O2S/c1-13-2-3-15-12-17(27-19(15)18(13)26-16-4-5-16)21(25)23-20-14-6-10-24(11-7-14)22(20)8-9-22/h2-3,12,14,16,20H,4-11H2,1H3,(H,23,25). The van der Waals surface area contributed by atoms with Crippen LogP contribution in [0, 0.1) is 12.8 Å². The first-order chi connectivity index (χ1) is 13.1. The van der Waals surface area contributed by atoms with E-state index in [1.165, 1.54) is 38.8 Å². The van der Waals surface area contributed by atoms with E-state index in [0.29, 0.717) is 18.1 Å². The molecule has 2 bridgehead atoms. The molecule has 3 saturated heterocycles. The number of carbonyl (C=O) groups excluding carboxylic acids is 1. The number of amides is 1. The molecule has 1 amide bonds. The van der Waals surface area contributed by atoms with Crippen molar-refractivity contribution in [1.82, 2.24) is 10.2 Å². The number of piperidine rings is 3. The van der Waals surface area contributed by atoms with E-state index in [1.54, 1.807) is 11.3 Å². The van der Waals surface area contributed by atoms with Gasteiger partial charge in [0.1, 0.15) is 5.75 Å². The molecule has 1 atom stereocenters. The zero-order valence-corrected chi connectivity index (χ0v) is 16.6. The summed E-state index contributed by atoms with van der Waals surface area (Å²) in [4.78, 5) is 16.6. The topological polar surface area (TPSA) is 41.6 Å². The first-order valence-corrected chi connectivity index (χ1v) is 11.2. The van der Waals surface area contributed by atoms with E-state index in [-0.39, 0.29) is 11.4 Å². The Hall–Kier alpha value is -1.59. The summed E-state index contributed by atoms with van der Waals surface area (Å²) >= 11 is 1.59. The van der Waals surface area contributed by atoms with E-state index in [4.69, 9.17) is 4.74 Å². The van der Waals surface area contributed by atoms with Crippen molar-refractivity contribution in [3.8, 4) is 5.75 Å². The van der Waals surface area contributed by atoms with Crippen molar-refractivity contribution in [2.45, 2.75) is 63.1 Å². The van der Waals surface area contributed by atoms with Gasteiger partial charge < -0.3 is 10.1 Å². The summed E-state index contributed by atoms with van der Waals surface area (Å²) in [7, 11) is 0. The third-order valence-corrected chi connectivity index (χ3v) is 8.29. The zero-order valence-electron chi connectivity index (χ0n) is 15.8. The van der Waals surface area contributed by atoms with Crippen LogP contribution in [0.2, 0.25) is 0 Å². The summed E-state index contributed by atoms with van der Waals surface area (Å²) in [5, 5.41) is 4.58. The number of aryl methyl sites for hydroxylation is 1. The summed E-state index contributed by atoms with van der Waals surface area (Å²) in [6.07, 6.45) is 7.64. The molecule has 0 radical (unpaired) electrons. The molecule has 5 aliphatic rings. The van der Waals surface area contributed by atoms with Gasteiger partial charge in [0.25, 0.3) is 5.91 Å². The van der Waals surface area contributed by atoms with E-state index in [2.05, 4.69) is 35.3 Å². The second kappa shape index (κ2) is 5.71. The number of nitrogens with one attached hydrogen (secondary N) is 1. The third kappa shape index (κ3) is 2.54. The number of carbonyl (C=O) groups is 1. The van der Waals surface area contributed by atoms with Gasteiger partial charge in [-0.25, -0.2) is 0 Å². The number of hydrogen-bond acceptors (Lipinski definition) is 4. The van der Waals surface area contributed by atoms with Crippen LogP contribution in [0.5, 0.6) is 5.75 Å². The van der Waals surface area contributed by atoms with Crippen LogP contribution >= 0.6 is 11.3 Å². The SMILES string of the molecule is Cc1ccc2cc(C(=O)NC3C4CCN(CC4)C34CC4)sc2c1OC1CC1. The molecule has 4 heterocycles. The van der Waals surface area contributed by atoms with Crippen molar-refractivity contribution < 1.29 is 9.53 Å². The van der Waals surface area contributed by atoms with Crippen molar-refractivity contribution in [2.75, 3.05) is 13.1 Å². The zero-order chi connectivity index (χ0) is 18.2. The highest BCUT2D eigenvalue weighted by Gasteiger charge is 2.60. The molecule has 1 spiro atoms. The summed E-state index contributed by atoms with van der Waals surface area (Å²) in [6.45, 7) is 4.54. The van der Waals surface area contributed by atoms with Crippen molar-refractivity contribution in [2.24, 2.45) is 5.92 Å². The van der Waals surface area contributed by atoms with Crippen molar-refractivity contribution in [1.29, 1.82) is 0 Å². The maximum atomic E-state index is 13.1. The van der Waals surface area contributed by atoms with Crippen LogP contribution in [0.15, 0.2) is 18.2 Å². The Morgan fingerprint density at radius 3 is 2.70 bits per heavy atom. The molecule has 5 heteroatoms. The smallest absolute Gasteiger partial charge is 0.261 e. The molecule has 3 aliphatic heterocycles. The van der Waals surface area contributed by atoms with E-state index >= 15 is 0 Å². The molecule has 2 saturated carbocycles. The predicted octanol–water partition coefficient (Wildman–Crippen LogP) is 4.11. The minimum Gasteiger partial charge on any atom is -0.489 e. The van der Waals surface area contributed by atoms with Crippen molar-refractivity contribution >= 4 is 27.3 Å². The molecule has 2 aromatic rings. The van der Waals surface area contributed by atoms with Gasteiger partial charge in [-0.15, -0.1) is 11.3 Å². The number of fused-ring (bicyclic) bond motifs is 3. The molecule has 1 aromatic heterocycles. The molecular formula is C22H26N2O2S. The number of ether oxygens (including phenoxy) is 1. The number of benzene rings is 1. The molecule has 5 fully saturated rings. The van der Waals surface area contributed by atoms with Crippen LogP contribution in [-0.4, -0.2) is 41.6 Å². The lowest BCUT2D eigenvalue weighted by Crippen LogP contribution is -2.65. The van der Waals surface area contributed by atoms with Gasteiger partial charge in [-0.1, -0.05) is 12.1 Å². The van der Waals surface area contributed by atoms with Gasteiger partial charge in [-0.3, -0.25) is 9.69 Å². The Morgan fingerprint density at radius 2 is 2.00 bits per heavy atom. The van der Waals surface area contributed by atoms with E-state index in [9.17, 15) is 4.79 Å². The summed E-state index contributed by atoms with van der Waals surface area (Å²) < 4.78 is 7.29. The number of hydrogen-bond donors (Lipinski definition) is 1. The van der Waals surface area contributed by atoms with Crippen LogP contribution in [0.3, 0.4) is 0 Å². The quantitative estimate of drug-likeness (QED) is 0.865. The maximum Gasteiger partial charge on any atom is 0.261 e. The largest absolute Gasteiger partial charge is 0.489 e. The molecule has 7 rings (SSSR count). The van der Waals surface area contributed by atoms with Crippen LogP contribution < -0.4 is 10.1 Å². The minimum absolute atomic E-state index is 0.108.